The standard InChI is InChI=1S/C11H13N3O/c1-9-2-4-10(5-3-9)15-8-14-7-6-11(12)13-14/h2-7H,8H2,1H3,(H2,12,13). The maximum Gasteiger partial charge on any atom is 0.180 e. The fraction of sp³-hybridized carbons (Fsp3) is 0.182. The van der Waals surface area contributed by atoms with Gasteiger partial charge in [0, 0.05) is 12.3 Å². The highest BCUT2D eigenvalue weighted by atomic mass is 16.5. The Morgan fingerprint density at radius 2 is 2.00 bits per heavy atom. The van der Waals surface area contributed by atoms with Crippen LogP contribution in [0.25, 0.3) is 0 Å². The van der Waals surface area contributed by atoms with E-state index in [0.29, 0.717) is 12.5 Å². The van der Waals surface area contributed by atoms with Crippen LogP contribution >= 0.6 is 0 Å². The van der Waals surface area contributed by atoms with Gasteiger partial charge >= 0.3 is 0 Å². The van der Waals surface area contributed by atoms with Gasteiger partial charge in [-0.15, -0.1) is 0 Å². The maximum atomic E-state index is 5.51. The van der Waals surface area contributed by atoms with Crippen LogP contribution in [-0.4, -0.2) is 9.78 Å². The molecule has 0 unspecified atom stereocenters. The number of nitrogens with zero attached hydrogens (tertiary/aromatic N) is 2. The highest BCUT2D eigenvalue weighted by Crippen LogP contribution is 2.11. The largest absolute Gasteiger partial charge is 0.471 e. The van der Waals surface area contributed by atoms with Crippen LogP contribution in [0.1, 0.15) is 5.56 Å². The average Bonchev–Trinajstić information content (AvgIpc) is 2.64. The topological polar surface area (TPSA) is 53.1 Å². The Labute approximate surface area is 88.3 Å². The minimum absolute atomic E-state index is 0.375. The highest BCUT2D eigenvalue weighted by molar-refractivity contribution is 5.26. The van der Waals surface area contributed by atoms with Crippen LogP contribution in [0.15, 0.2) is 36.5 Å². The van der Waals surface area contributed by atoms with E-state index in [1.165, 1.54) is 5.56 Å². The summed E-state index contributed by atoms with van der Waals surface area (Å²) in [7, 11) is 0. The first-order chi connectivity index (χ1) is 7.24. The van der Waals surface area contributed by atoms with Crippen molar-refractivity contribution in [1.29, 1.82) is 0 Å². The van der Waals surface area contributed by atoms with E-state index in [9.17, 15) is 0 Å². The molecule has 2 rings (SSSR count). The number of nitrogens with two attached hydrogens (primary N) is 1. The molecule has 0 aliphatic heterocycles. The van der Waals surface area contributed by atoms with Crippen LogP contribution in [0.3, 0.4) is 0 Å². The summed E-state index contributed by atoms with van der Waals surface area (Å²) in [6.45, 7) is 2.41. The molecule has 0 aliphatic rings. The number of benzene rings is 1. The van der Waals surface area contributed by atoms with Crippen molar-refractivity contribution in [2.75, 3.05) is 5.73 Å². The molecule has 0 radical (unpaired) electrons. The molecule has 4 heteroatoms. The number of aromatic nitrogens is 2. The number of anilines is 1. The molecule has 78 valence electrons. The van der Waals surface area contributed by atoms with Crippen LogP contribution in [0.5, 0.6) is 5.75 Å². The SMILES string of the molecule is Cc1ccc(OCn2ccc(N)n2)cc1. The van der Waals surface area contributed by atoms with Crippen LogP contribution in [0.2, 0.25) is 0 Å². The number of nitrogen functional groups attached to an aromatic ring is 1. The van der Waals surface area contributed by atoms with E-state index in [-0.39, 0.29) is 0 Å². The van der Waals surface area contributed by atoms with Crippen molar-refractivity contribution in [2.24, 2.45) is 0 Å². The van der Waals surface area contributed by atoms with Crippen molar-refractivity contribution in [3.63, 3.8) is 0 Å². The van der Waals surface area contributed by atoms with Gasteiger partial charge in [0.05, 0.1) is 0 Å². The van der Waals surface area contributed by atoms with Crippen molar-refractivity contribution >= 4 is 5.82 Å². The number of aryl methyl sites for hydroxylation is 1. The van der Waals surface area contributed by atoms with Gasteiger partial charge in [0.2, 0.25) is 0 Å². The fourth-order valence-corrected chi connectivity index (χ4v) is 1.22. The van der Waals surface area contributed by atoms with Crippen molar-refractivity contribution in [1.82, 2.24) is 9.78 Å². The van der Waals surface area contributed by atoms with Crippen molar-refractivity contribution < 1.29 is 4.74 Å². The van der Waals surface area contributed by atoms with Gasteiger partial charge in [-0.1, -0.05) is 17.7 Å². The summed E-state index contributed by atoms with van der Waals surface area (Å²) < 4.78 is 7.15. The average molecular weight is 203 g/mol. The molecular weight excluding hydrogens is 190 g/mol. The minimum Gasteiger partial charge on any atom is -0.471 e. The first kappa shape index (κ1) is 9.58. The predicted molar refractivity (Wildman–Crippen MR) is 58.4 cm³/mol. The Balaban J connectivity index is 1.96. The second kappa shape index (κ2) is 4.04. The summed E-state index contributed by atoms with van der Waals surface area (Å²) in [4.78, 5) is 0. The van der Waals surface area contributed by atoms with Crippen LogP contribution in [0, 0.1) is 6.92 Å². The third-order valence-electron chi connectivity index (χ3n) is 2.05. The summed E-state index contributed by atoms with van der Waals surface area (Å²) in [6, 6.07) is 9.61. The molecule has 0 amide bonds. The van der Waals surface area contributed by atoms with Gasteiger partial charge in [-0.2, -0.15) is 5.10 Å². The molecule has 0 aliphatic carbocycles. The zero-order chi connectivity index (χ0) is 10.7. The van der Waals surface area contributed by atoms with E-state index in [1.54, 1.807) is 16.9 Å². The van der Waals surface area contributed by atoms with E-state index in [2.05, 4.69) is 5.10 Å². The molecule has 1 aromatic carbocycles. The number of hydrogen-bond donors (Lipinski definition) is 1. The first-order valence-electron chi connectivity index (χ1n) is 4.72. The molecule has 2 aromatic rings. The van der Waals surface area contributed by atoms with Crippen molar-refractivity contribution in [3.05, 3.63) is 42.1 Å². The highest BCUT2D eigenvalue weighted by Gasteiger charge is 1.95. The van der Waals surface area contributed by atoms with Gasteiger partial charge in [-0.3, -0.25) is 0 Å². The molecule has 1 heterocycles. The molecule has 15 heavy (non-hydrogen) atoms. The van der Waals surface area contributed by atoms with E-state index in [1.807, 2.05) is 31.2 Å². The maximum absolute atomic E-state index is 5.51. The van der Waals surface area contributed by atoms with Gasteiger partial charge < -0.3 is 10.5 Å². The summed E-state index contributed by atoms with van der Waals surface area (Å²) in [5, 5.41) is 4.01. The molecule has 0 atom stereocenters. The van der Waals surface area contributed by atoms with Gasteiger partial charge in [0.15, 0.2) is 6.73 Å². The van der Waals surface area contributed by atoms with Crippen LogP contribution in [0.4, 0.5) is 5.82 Å². The molecule has 4 nitrogen and oxygen atoms in total. The third-order valence-corrected chi connectivity index (χ3v) is 2.05. The lowest BCUT2D eigenvalue weighted by atomic mass is 10.2. The Morgan fingerprint density at radius 3 is 2.60 bits per heavy atom. The number of rotatable bonds is 3. The molecule has 0 saturated carbocycles. The summed E-state index contributed by atoms with van der Waals surface area (Å²) in [5.41, 5.74) is 6.69. The number of hydrogen-bond acceptors (Lipinski definition) is 3. The molecule has 2 N–H and O–H groups in total. The monoisotopic (exact) mass is 203 g/mol. The third kappa shape index (κ3) is 2.49. The molecule has 1 aromatic heterocycles. The first-order valence-corrected chi connectivity index (χ1v) is 4.72. The van der Waals surface area contributed by atoms with E-state index >= 15 is 0 Å². The Bertz CT molecular complexity index is 433. The van der Waals surface area contributed by atoms with Gasteiger partial charge in [-0.25, -0.2) is 4.68 Å². The molecule has 0 saturated heterocycles. The zero-order valence-electron chi connectivity index (χ0n) is 8.55. The van der Waals surface area contributed by atoms with Crippen molar-refractivity contribution in [3.8, 4) is 5.75 Å². The van der Waals surface area contributed by atoms with Crippen LogP contribution < -0.4 is 10.5 Å². The van der Waals surface area contributed by atoms with Gasteiger partial charge in [0.25, 0.3) is 0 Å². The van der Waals surface area contributed by atoms with Crippen LogP contribution in [-0.2, 0) is 6.73 Å². The lowest BCUT2D eigenvalue weighted by Gasteiger charge is -2.05. The normalized spacial score (nSPS) is 10.2. The summed E-state index contributed by atoms with van der Waals surface area (Å²) in [6.07, 6.45) is 1.78. The van der Waals surface area contributed by atoms with E-state index in [0.717, 1.165) is 5.75 Å². The molecular formula is C11H13N3O. The van der Waals surface area contributed by atoms with E-state index in [4.69, 9.17) is 10.5 Å². The Morgan fingerprint density at radius 1 is 1.27 bits per heavy atom. The minimum atomic E-state index is 0.375. The fourth-order valence-electron chi connectivity index (χ4n) is 1.22. The van der Waals surface area contributed by atoms with Crippen molar-refractivity contribution in [2.45, 2.75) is 13.7 Å². The van der Waals surface area contributed by atoms with Gasteiger partial charge in [0.1, 0.15) is 11.6 Å². The second-order valence-electron chi connectivity index (χ2n) is 3.37. The number of ether oxygens (including phenoxy) is 1. The predicted octanol–water partition coefficient (Wildman–Crippen LogP) is 1.81. The summed E-state index contributed by atoms with van der Waals surface area (Å²) in [5.74, 6) is 1.33. The zero-order valence-corrected chi connectivity index (χ0v) is 8.55. The second-order valence-corrected chi connectivity index (χ2v) is 3.37. The molecule has 0 bridgehead atoms. The lowest BCUT2D eigenvalue weighted by Crippen LogP contribution is -2.06. The lowest BCUT2D eigenvalue weighted by molar-refractivity contribution is 0.221. The van der Waals surface area contributed by atoms with E-state index < -0.39 is 0 Å². The smallest absolute Gasteiger partial charge is 0.180 e. The quantitative estimate of drug-likeness (QED) is 0.827. The Kier molecular flexibility index (Phi) is 2.58. The summed E-state index contributed by atoms with van der Waals surface area (Å²) >= 11 is 0. The molecule has 0 fully saturated rings. The van der Waals surface area contributed by atoms with Gasteiger partial charge in [-0.05, 0) is 19.1 Å². The Hall–Kier alpha value is -1.97. The molecule has 0 spiro atoms.